The minimum atomic E-state index is -0.325. The molecule has 3 aromatic rings. The highest BCUT2D eigenvalue weighted by molar-refractivity contribution is 5.92. The average molecular weight is 391 g/mol. The summed E-state index contributed by atoms with van der Waals surface area (Å²) >= 11 is 0. The molecule has 0 aliphatic rings. The van der Waals surface area contributed by atoms with Gasteiger partial charge in [-0.1, -0.05) is 59.8 Å². The molecule has 29 heavy (non-hydrogen) atoms. The number of likely N-dealkylation sites (N-methyl/N-ethyl adjacent to an activating group) is 1. The second-order valence-corrected chi connectivity index (χ2v) is 6.57. The van der Waals surface area contributed by atoms with E-state index in [4.69, 9.17) is 0 Å². The zero-order chi connectivity index (χ0) is 20.6. The van der Waals surface area contributed by atoms with Crippen molar-refractivity contribution in [2.24, 2.45) is 0 Å². The molecule has 0 aliphatic heterocycles. The topological polar surface area (TPSA) is 80.1 Å². The average Bonchev–Trinajstić information content (AvgIpc) is 3.22. The quantitative estimate of drug-likeness (QED) is 0.640. The van der Waals surface area contributed by atoms with Crippen LogP contribution in [0.4, 0.5) is 0 Å². The van der Waals surface area contributed by atoms with Gasteiger partial charge in [0, 0.05) is 19.6 Å². The highest BCUT2D eigenvalue weighted by atomic mass is 16.2. The lowest BCUT2D eigenvalue weighted by Gasteiger charge is -2.17. The van der Waals surface area contributed by atoms with E-state index in [2.05, 4.69) is 15.6 Å². The van der Waals surface area contributed by atoms with Crippen LogP contribution in [0.1, 0.15) is 29.9 Å². The van der Waals surface area contributed by atoms with Crippen molar-refractivity contribution < 1.29 is 9.59 Å². The van der Waals surface area contributed by atoms with Crippen LogP contribution < -0.4 is 5.32 Å². The van der Waals surface area contributed by atoms with E-state index >= 15 is 0 Å². The maximum atomic E-state index is 12.5. The molecule has 3 rings (SSSR count). The van der Waals surface area contributed by atoms with Gasteiger partial charge in [0.25, 0.3) is 5.91 Å². The molecule has 0 saturated carbocycles. The third-order valence-corrected chi connectivity index (χ3v) is 4.73. The SMILES string of the molecule is CCN(CC)C(=O)Cn1cc(C(=O)NCc2ccccc2-c2ccccc2)nn1. The van der Waals surface area contributed by atoms with Gasteiger partial charge in [0.2, 0.25) is 5.91 Å². The van der Waals surface area contributed by atoms with Crippen molar-refractivity contribution in [3.05, 3.63) is 72.1 Å². The Kier molecular flexibility index (Phi) is 6.73. The van der Waals surface area contributed by atoms with Gasteiger partial charge in [0.05, 0.1) is 6.20 Å². The maximum Gasteiger partial charge on any atom is 0.273 e. The standard InChI is InChI=1S/C22H25N5O2/c1-3-26(4-2)21(28)16-27-15-20(24-25-27)22(29)23-14-18-12-8-9-13-19(18)17-10-6-5-7-11-17/h5-13,15H,3-4,14,16H2,1-2H3,(H,23,29). The lowest BCUT2D eigenvalue weighted by atomic mass is 10.00. The van der Waals surface area contributed by atoms with Crippen LogP contribution in [0.2, 0.25) is 0 Å². The number of amides is 2. The Labute approximate surface area is 170 Å². The largest absolute Gasteiger partial charge is 0.346 e. The van der Waals surface area contributed by atoms with Crippen molar-refractivity contribution in [2.45, 2.75) is 26.9 Å². The van der Waals surface area contributed by atoms with Gasteiger partial charge in [-0.3, -0.25) is 9.59 Å². The molecule has 7 heteroatoms. The molecular weight excluding hydrogens is 366 g/mol. The van der Waals surface area contributed by atoms with E-state index in [1.807, 2.05) is 68.4 Å². The normalized spacial score (nSPS) is 10.6. The van der Waals surface area contributed by atoms with Crippen LogP contribution in [0, 0.1) is 0 Å². The Morgan fingerprint density at radius 1 is 1.00 bits per heavy atom. The van der Waals surface area contributed by atoms with Crippen LogP contribution >= 0.6 is 0 Å². The monoisotopic (exact) mass is 391 g/mol. The first-order valence-electron chi connectivity index (χ1n) is 9.71. The summed E-state index contributed by atoms with van der Waals surface area (Å²) in [5.41, 5.74) is 3.37. The number of carbonyl (C=O) groups is 2. The van der Waals surface area contributed by atoms with Crippen LogP contribution in [-0.2, 0) is 17.9 Å². The molecule has 7 nitrogen and oxygen atoms in total. The Hall–Kier alpha value is -3.48. The molecule has 150 valence electrons. The minimum absolute atomic E-state index is 0.0522. The summed E-state index contributed by atoms with van der Waals surface area (Å²) in [7, 11) is 0. The van der Waals surface area contributed by atoms with Crippen LogP contribution in [0.25, 0.3) is 11.1 Å². The van der Waals surface area contributed by atoms with Crippen LogP contribution in [0.3, 0.4) is 0 Å². The molecule has 0 radical (unpaired) electrons. The van der Waals surface area contributed by atoms with Gasteiger partial charge in [0.1, 0.15) is 6.54 Å². The van der Waals surface area contributed by atoms with Crippen molar-refractivity contribution in [3.63, 3.8) is 0 Å². The summed E-state index contributed by atoms with van der Waals surface area (Å²) in [6, 6.07) is 18.0. The molecule has 0 saturated heterocycles. The Morgan fingerprint density at radius 3 is 2.41 bits per heavy atom. The summed E-state index contributed by atoms with van der Waals surface area (Å²) < 4.78 is 1.40. The second-order valence-electron chi connectivity index (χ2n) is 6.57. The molecular formula is C22H25N5O2. The van der Waals surface area contributed by atoms with Crippen molar-refractivity contribution in [1.82, 2.24) is 25.2 Å². The molecule has 1 aromatic heterocycles. The predicted molar refractivity (Wildman–Crippen MR) is 111 cm³/mol. The van der Waals surface area contributed by atoms with Crippen LogP contribution in [-0.4, -0.2) is 44.8 Å². The van der Waals surface area contributed by atoms with Gasteiger partial charge >= 0.3 is 0 Å². The first kappa shape index (κ1) is 20.3. The van der Waals surface area contributed by atoms with Gasteiger partial charge < -0.3 is 10.2 Å². The number of nitrogens with one attached hydrogen (secondary N) is 1. The van der Waals surface area contributed by atoms with E-state index in [0.717, 1.165) is 16.7 Å². The van der Waals surface area contributed by atoms with E-state index in [9.17, 15) is 9.59 Å². The predicted octanol–water partition coefficient (Wildman–Crippen LogP) is 2.74. The van der Waals surface area contributed by atoms with Crippen LogP contribution in [0.15, 0.2) is 60.8 Å². The van der Waals surface area contributed by atoms with E-state index in [1.54, 1.807) is 4.90 Å². The third-order valence-electron chi connectivity index (χ3n) is 4.73. The van der Waals surface area contributed by atoms with Crippen molar-refractivity contribution in [1.29, 1.82) is 0 Å². The number of carbonyl (C=O) groups excluding carboxylic acids is 2. The molecule has 0 unspecified atom stereocenters. The maximum absolute atomic E-state index is 12.5. The van der Waals surface area contributed by atoms with Gasteiger partial charge in [-0.2, -0.15) is 0 Å². The molecule has 0 fully saturated rings. The lowest BCUT2D eigenvalue weighted by molar-refractivity contribution is -0.131. The van der Waals surface area contributed by atoms with Gasteiger partial charge in [0.15, 0.2) is 5.69 Å². The zero-order valence-electron chi connectivity index (χ0n) is 16.7. The first-order valence-corrected chi connectivity index (χ1v) is 9.71. The third kappa shape index (κ3) is 5.07. The molecule has 2 amide bonds. The van der Waals surface area contributed by atoms with E-state index in [1.165, 1.54) is 10.9 Å². The van der Waals surface area contributed by atoms with E-state index < -0.39 is 0 Å². The molecule has 1 N–H and O–H groups in total. The smallest absolute Gasteiger partial charge is 0.273 e. The van der Waals surface area contributed by atoms with Crippen LogP contribution in [0.5, 0.6) is 0 Å². The van der Waals surface area contributed by atoms with Crippen molar-refractivity contribution in [2.75, 3.05) is 13.1 Å². The number of aromatic nitrogens is 3. The summed E-state index contributed by atoms with van der Waals surface area (Å²) in [6.45, 7) is 5.56. The van der Waals surface area contributed by atoms with Crippen molar-refractivity contribution in [3.8, 4) is 11.1 Å². The molecule has 0 spiro atoms. The van der Waals surface area contributed by atoms with Gasteiger partial charge in [-0.25, -0.2) is 4.68 Å². The summed E-state index contributed by atoms with van der Waals surface area (Å²) in [5.74, 6) is -0.377. The second kappa shape index (κ2) is 9.64. The molecule has 0 aliphatic carbocycles. The lowest BCUT2D eigenvalue weighted by Crippen LogP contribution is -2.33. The molecule has 0 atom stereocenters. The number of hydrogen-bond donors (Lipinski definition) is 1. The summed E-state index contributed by atoms with van der Waals surface area (Å²) in [4.78, 5) is 26.4. The highest BCUT2D eigenvalue weighted by Crippen LogP contribution is 2.23. The summed E-state index contributed by atoms with van der Waals surface area (Å²) in [6.07, 6.45) is 1.50. The minimum Gasteiger partial charge on any atom is -0.346 e. The number of benzene rings is 2. The highest BCUT2D eigenvalue weighted by Gasteiger charge is 2.15. The number of rotatable bonds is 8. The fourth-order valence-corrected chi connectivity index (χ4v) is 3.13. The Balaban J connectivity index is 1.64. The Bertz CT molecular complexity index is 964. The zero-order valence-corrected chi connectivity index (χ0v) is 16.7. The van der Waals surface area contributed by atoms with Gasteiger partial charge in [-0.15, -0.1) is 5.10 Å². The van der Waals surface area contributed by atoms with Crippen molar-refractivity contribution >= 4 is 11.8 Å². The molecule has 2 aromatic carbocycles. The fraction of sp³-hybridized carbons (Fsp3) is 0.273. The number of hydrogen-bond acceptors (Lipinski definition) is 4. The Morgan fingerprint density at radius 2 is 1.69 bits per heavy atom. The van der Waals surface area contributed by atoms with E-state index in [-0.39, 0.29) is 24.1 Å². The van der Waals surface area contributed by atoms with E-state index in [0.29, 0.717) is 19.6 Å². The fourth-order valence-electron chi connectivity index (χ4n) is 3.13. The molecule has 0 bridgehead atoms. The first-order chi connectivity index (χ1) is 14.1. The molecule has 1 heterocycles. The summed E-state index contributed by atoms with van der Waals surface area (Å²) in [5, 5.41) is 10.7. The number of nitrogens with zero attached hydrogens (tertiary/aromatic N) is 4. The van der Waals surface area contributed by atoms with Gasteiger partial charge in [-0.05, 0) is 30.5 Å².